The summed E-state index contributed by atoms with van der Waals surface area (Å²) in [4.78, 5) is 13.7. The molecule has 0 saturated carbocycles. The molecule has 128 valence electrons. The zero-order valence-corrected chi connectivity index (χ0v) is 13.9. The number of carbonyl (C=O) groups is 1. The summed E-state index contributed by atoms with van der Waals surface area (Å²) in [6, 6.07) is 11.5. The van der Waals surface area contributed by atoms with Crippen molar-refractivity contribution in [1.29, 1.82) is 0 Å². The highest BCUT2D eigenvalue weighted by Gasteiger charge is 2.20. The Morgan fingerprint density at radius 1 is 1.20 bits per heavy atom. The van der Waals surface area contributed by atoms with E-state index in [4.69, 9.17) is 16.1 Å². The molecule has 3 rings (SSSR count). The van der Waals surface area contributed by atoms with Crippen molar-refractivity contribution in [3.8, 4) is 11.3 Å². The van der Waals surface area contributed by atoms with Crippen LogP contribution < -0.4 is 0 Å². The molecule has 0 saturated heterocycles. The highest BCUT2D eigenvalue weighted by molar-refractivity contribution is 6.31. The second-order valence-corrected chi connectivity index (χ2v) is 5.86. The van der Waals surface area contributed by atoms with Crippen molar-refractivity contribution < 1.29 is 18.1 Å². The Morgan fingerprint density at radius 3 is 2.68 bits per heavy atom. The van der Waals surface area contributed by atoms with Crippen molar-refractivity contribution in [2.24, 2.45) is 0 Å². The molecule has 0 radical (unpaired) electrons. The topological polar surface area (TPSA) is 46.3 Å². The van der Waals surface area contributed by atoms with Gasteiger partial charge in [0.1, 0.15) is 17.3 Å². The van der Waals surface area contributed by atoms with Gasteiger partial charge < -0.3 is 9.42 Å². The molecule has 0 bridgehead atoms. The molecule has 2 aromatic carbocycles. The third-order valence-corrected chi connectivity index (χ3v) is 4.00. The van der Waals surface area contributed by atoms with E-state index >= 15 is 0 Å². The van der Waals surface area contributed by atoms with E-state index in [9.17, 15) is 13.6 Å². The minimum absolute atomic E-state index is 0.0274. The first-order chi connectivity index (χ1) is 12.0. The lowest BCUT2D eigenvalue weighted by atomic mass is 10.1. The number of carbonyl (C=O) groups excluding carboxylic acids is 1. The van der Waals surface area contributed by atoms with Crippen molar-refractivity contribution in [2.45, 2.75) is 6.54 Å². The van der Waals surface area contributed by atoms with E-state index in [0.29, 0.717) is 11.3 Å². The van der Waals surface area contributed by atoms with Crippen molar-refractivity contribution in [1.82, 2.24) is 10.1 Å². The molecule has 0 fully saturated rings. The Kier molecular flexibility index (Phi) is 4.81. The summed E-state index contributed by atoms with van der Waals surface area (Å²) >= 11 is 5.97. The van der Waals surface area contributed by atoms with Gasteiger partial charge in [-0.05, 0) is 24.3 Å². The van der Waals surface area contributed by atoms with E-state index in [-0.39, 0.29) is 22.9 Å². The maximum atomic E-state index is 13.8. The van der Waals surface area contributed by atoms with Gasteiger partial charge in [-0.15, -0.1) is 0 Å². The van der Waals surface area contributed by atoms with Gasteiger partial charge in [-0.25, -0.2) is 8.78 Å². The van der Waals surface area contributed by atoms with E-state index < -0.39 is 17.5 Å². The quantitative estimate of drug-likeness (QED) is 0.684. The molecule has 3 aromatic rings. The van der Waals surface area contributed by atoms with Crippen LogP contribution in [-0.2, 0) is 6.54 Å². The van der Waals surface area contributed by atoms with Crippen LogP contribution in [0.25, 0.3) is 11.3 Å². The van der Waals surface area contributed by atoms with Crippen LogP contribution in [0.5, 0.6) is 0 Å². The fraction of sp³-hybridized carbons (Fsp3) is 0.111. The number of hydrogen-bond donors (Lipinski definition) is 0. The van der Waals surface area contributed by atoms with Crippen molar-refractivity contribution in [3.05, 3.63) is 76.5 Å². The second-order valence-electron chi connectivity index (χ2n) is 5.45. The summed E-state index contributed by atoms with van der Waals surface area (Å²) in [7, 11) is 1.50. The zero-order chi connectivity index (χ0) is 18.0. The maximum absolute atomic E-state index is 13.8. The van der Waals surface area contributed by atoms with Crippen LogP contribution in [0.3, 0.4) is 0 Å². The first-order valence-corrected chi connectivity index (χ1v) is 7.74. The Bertz CT molecular complexity index is 907. The molecule has 0 unspecified atom stereocenters. The molecule has 0 aliphatic rings. The van der Waals surface area contributed by atoms with E-state index in [1.54, 1.807) is 12.1 Å². The highest BCUT2D eigenvalue weighted by Crippen LogP contribution is 2.23. The van der Waals surface area contributed by atoms with Gasteiger partial charge >= 0.3 is 0 Å². The summed E-state index contributed by atoms with van der Waals surface area (Å²) in [6.07, 6.45) is 0. The average Bonchev–Trinajstić information content (AvgIpc) is 3.07. The Balaban J connectivity index is 1.79. The summed E-state index contributed by atoms with van der Waals surface area (Å²) in [6.45, 7) is -0.0274. The molecule has 0 aliphatic carbocycles. The standard InChI is InChI=1S/C18H13ClF2N2O2/c1-23(10-13-14(19)6-3-7-15(13)21)18(24)17-9-16(22-25-17)11-4-2-5-12(20)8-11/h2-9H,10H2,1H3. The fourth-order valence-corrected chi connectivity index (χ4v) is 2.56. The summed E-state index contributed by atoms with van der Waals surface area (Å²) in [5, 5.41) is 4.02. The first-order valence-electron chi connectivity index (χ1n) is 7.36. The van der Waals surface area contributed by atoms with E-state index in [2.05, 4.69) is 5.16 Å². The molecule has 0 spiro atoms. The molecular weight excluding hydrogens is 350 g/mol. The van der Waals surface area contributed by atoms with Crippen LogP contribution >= 0.6 is 11.6 Å². The van der Waals surface area contributed by atoms with Crippen LogP contribution in [-0.4, -0.2) is 23.0 Å². The number of benzene rings is 2. The van der Waals surface area contributed by atoms with Gasteiger partial charge in [0, 0.05) is 29.3 Å². The van der Waals surface area contributed by atoms with Gasteiger partial charge in [0.2, 0.25) is 5.76 Å². The Morgan fingerprint density at radius 2 is 1.96 bits per heavy atom. The molecule has 1 heterocycles. The number of aromatic nitrogens is 1. The van der Waals surface area contributed by atoms with E-state index in [1.807, 2.05) is 0 Å². The monoisotopic (exact) mass is 362 g/mol. The average molecular weight is 363 g/mol. The van der Waals surface area contributed by atoms with Gasteiger partial charge in [-0.3, -0.25) is 4.79 Å². The van der Waals surface area contributed by atoms with Crippen molar-refractivity contribution in [3.63, 3.8) is 0 Å². The number of hydrogen-bond acceptors (Lipinski definition) is 3. The summed E-state index contributed by atoms with van der Waals surface area (Å²) in [5.41, 5.74) is 1.03. The fourth-order valence-electron chi connectivity index (χ4n) is 2.34. The lowest BCUT2D eigenvalue weighted by Gasteiger charge is -2.16. The molecule has 0 N–H and O–H groups in total. The number of halogens is 3. The minimum atomic E-state index is -0.495. The number of nitrogens with zero attached hydrogens (tertiary/aromatic N) is 2. The number of rotatable bonds is 4. The third kappa shape index (κ3) is 3.69. The van der Waals surface area contributed by atoms with Crippen molar-refractivity contribution in [2.75, 3.05) is 7.05 Å². The van der Waals surface area contributed by atoms with Gasteiger partial charge in [0.05, 0.1) is 6.54 Å². The Hall–Kier alpha value is -2.73. The molecule has 7 heteroatoms. The molecule has 0 aliphatic heterocycles. The van der Waals surface area contributed by atoms with Gasteiger partial charge in [-0.2, -0.15) is 0 Å². The first kappa shape index (κ1) is 17.1. The van der Waals surface area contributed by atoms with Crippen LogP contribution in [0, 0.1) is 11.6 Å². The van der Waals surface area contributed by atoms with Gasteiger partial charge in [0.15, 0.2) is 0 Å². The van der Waals surface area contributed by atoms with Crippen LogP contribution in [0.2, 0.25) is 5.02 Å². The lowest BCUT2D eigenvalue weighted by Crippen LogP contribution is -2.26. The maximum Gasteiger partial charge on any atom is 0.292 e. The predicted octanol–water partition coefficient (Wildman–Crippen LogP) is 4.55. The molecular formula is C18H13ClF2N2O2. The molecule has 1 aromatic heterocycles. The van der Waals surface area contributed by atoms with Crippen molar-refractivity contribution >= 4 is 17.5 Å². The molecule has 0 atom stereocenters. The smallest absolute Gasteiger partial charge is 0.292 e. The minimum Gasteiger partial charge on any atom is -0.350 e. The zero-order valence-electron chi connectivity index (χ0n) is 13.2. The SMILES string of the molecule is CN(Cc1c(F)cccc1Cl)C(=O)c1cc(-c2cccc(F)c2)no1. The molecule has 1 amide bonds. The number of amides is 1. The van der Waals surface area contributed by atoms with E-state index in [1.165, 1.54) is 48.3 Å². The summed E-state index contributed by atoms with van der Waals surface area (Å²) in [5.74, 6) is -1.44. The van der Waals surface area contributed by atoms with Crippen LogP contribution in [0.4, 0.5) is 8.78 Å². The van der Waals surface area contributed by atoms with Gasteiger partial charge in [-0.1, -0.05) is 35.0 Å². The van der Waals surface area contributed by atoms with Gasteiger partial charge in [0.25, 0.3) is 5.91 Å². The van der Waals surface area contributed by atoms with Crippen LogP contribution in [0.1, 0.15) is 16.1 Å². The van der Waals surface area contributed by atoms with E-state index in [0.717, 1.165) is 0 Å². The third-order valence-electron chi connectivity index (χ3n) is 3.64. The largest absolute Gasteiger partial charge is 0.350 e. The second kappa shape index (κ2) is 7.03. The highest BCUT2D eigenvalue weighted by atomic mass is 35.5. The molecule has 4 nitrogen and oxygen atoms in total. The summed E-state index contributed by atoms with van der Waals surface area (Å²) < 4.78 is 32.2. The van der Waals surface area contributed by atoms with Crippen LogP contribution in [0.15, 0.2) is 53.1 Å². The normalized spacial score (nSPS) is 10.7. The molecule has 25 heavy (non-hydrogen) atoms. The lowest BCUT2D eigenvalue weighted by molar-refractivity contribution is 0.0742. The Labute approximate surface area is 147 Å². The predicted molar refractivity (Wildman–Crippen MR) is 89.1 cm³/mol.